The Bertz CT molecular complexity index is 191. The molecule has 74 valence electrons. The van der Waals surface area contributed by atoms with E-state index in [1.54, 1.807) is 0 Å². The quantitative estimate of drug-likeness (QED) is 0.463. The second-order valence-electron chi connectivity index (χ2n) is 2.41. The van der Waals surface area contributed by atoms with E-state index in [1.807, 2.05) is 0 Å². The van der Waals surface area contributed by atoms with Gasteiger partial charge < -0.3 is 18.9 Å². The molecule has 0 unspecified atom stereocenters. The molecule has 0 aromatic rings. The van der Waals surface area contributed by atoms with Crippen molar-refractivity contribution in [2.75, 3.05) is 20.0 Å². The van der Waals surface area contributed by atoms with Crippen LogP contribution >= 0.6 is 0 Å². The summed E-state index contributed by atoms with van der Waals surface area (Å²) in [6.45, 7) is 1.38. The van der Waals surface area contributed by atoms with Gasteiger partial charge in [0.15, 0.2) is 6.79 Å². The van der Waals surface area contributed by atoms with Crippen LogP contribution in [0.4, 0.5) is 4.79 Å². The first kappa shape index (κ1) is 9.79. The fourth-order valence-corrected chi connectivity index (χ4v) is 0.721. The molecule has 0 atom stereocenters. The molecule has 1 aliphatic heterocycles. The van der Waals surface area contributed by atoms with E-state index in [0.29, 0.717) is 0 Å². The highest BCUT2D eigenvalue weighted by atomic mass is 16.8. The van der Waals surface area contributed by atoms with E-state index < -0.39 is 12.1 Å². The van der Waals surface area contributed by atoms with Crippen LogP contribution in [0.25, 0.3) is 0 Å². The van der Waals surface area contributed by atoms with Crippen molar-refractivity contribution in [2.24, 2.45) is 0 Å². The molecule has 0 bridgehead atoms. The monoisotopic (exact) mass is 190 g/mol. The second-order valence-corrected chi connectivity index (χ2v) is 2.41. The number of hydrogen-bond acceptors (Lipinski definition) is 6. The molecule has 0 aromatic carbocycles. The summed E-state index contributed by atoms with van der Waals surface area (Å²) in [6.07, 6.45) is -1.07. The van der Waals surface area contributed by atoms with Crippen LogP contribution in [0.5, 0.6) is 0 Å². The fourth-order valence-electron chi connectivity index (χ4n) is 0.721. The van der Waals surface area contributed by atoms with Gasteiger partial charge in [0.05, 0.1) is 0 Å². The van der Waals surface area contributed by atoms with E-state index in [-0.39, 0.29) is 26.1 Å². The Morgan fingerprint density at radius 1 is 1.54 bits per heavy atom. The van der Waals surface area contributed by atoms with Crippen molar-refractivity contribution >= 4 is 12.1 Å². The highest BCUT2D eigenvalue weighted by molar-refractivity contribution is 5.65. The van der Waals surface area contributed by atoms with Crippen LogP contribution in [0.2, 0.25) is 0 Å². The molecule has 0 N–H and O–H groups in total. The zero-order chi connectivity index (χ0) is 9.68. The van der Waals surface area contributed by atoms with Gasteiger partial charge >= 0.3 is 12.1 Å². The Morgan fingerprint density at radius 3 is 2.69 bits per heavy atom. The summed E-state index contributed by atoms with van der Waals surface area (Å²) in [5.41, 5.74) is 0. The molecule has 13 heavy (non-hydrogen) atoms. The van der Waals surface area contributed by atoms with Crippen LogP contribution in [-0.2, 0) is 23.7 Å². The van der Waals surface area contributed by atoms with Gasteiger partial charge in [-0.1, -0.05) is 0 Å². The van der Waals surface area contributed by atoms with Crippen molar-refractivity contribution in [1.82, 2.24) is 0 Å². The third-order valence-corrected chi connectivity index (χ3v) is 1.34. The van der Waals surface area contributed by atoms with Gasteiger partial charge in [-0.05, 0) is 0 Å². The molecule has 0 aliphatic carbocycles. The SMILES string of the molecule is CC(=O)OCOC1COC(=O)OC1. The Balaban J connectivity index is 2.09. The summed E-state index contributed by atoms with van der Waals surface area (Å²) in [5.74, 6) is -0.422. The molecule has 6 nitrogen and oxygen atoms in total. The zero-order valence-corrected chi connectivity index (χ0v) is 7.15. The average Bonchev–Trinajstić information content (AvgIpc) is 2.08. The van der Waals surface area contributed by atoms with Gasteiger partial charge in [-0.15, -0.1) is 0 Å². The minimum absolute atomic E-state index is 0.125. The summed E-state index contributed by atoms with van der Waals surface area (Å²) in [4.78, 5) is 20.7. The normalized spacial score (nSPS) is 17.5. The van der Waals surface area contributed by atoms with Gasteiger partial charge in [-0.3, -0.25) is 4.79 Å². The van der Waals surface area contributed by atoms with Crippen LogP contribution in [0.1, 0.15) is 6.92 Å². The molecule has 0 aromatic heterocycles. The number of carbonyl (C=O) groups excluding carboxylic acids is 2. The number of rotatable bonds is 3. The first-order valence-corrected chi connectivity index (χ1v) is 3.73. The predicted octanol–water partition coefficient (Wildman–Crippen LogP) is 0.0590. The number of cyclic esters (lactones) is 2. The lowest BCUT2D eigenvalue weighted by atomic mass is 10.4. The van der Waals surface area contributed by atoms with Gasteiger partial charge in [0, 0.05) is 6.92 Å². The van der Waals surface area contributed by atoms with E-state index in [1.165, 1.54) is 6.92 Å². The van der Waals surface area contributed by atoms with Crippen LogP contribution < -0.4 is 0 Å². The maximum Gasteiger partial charge on any atom is 0.508 e. The largest absolute Gasteiger partial charge is 0.508 e. The number of esters is 1. The summed E-state index contributed by atoms with van der Waals surface area (Å²) in [7, 11) is 0. The number of ether oxygens (including phenoxy) is 4. The molecule has 0 saturated carbocycles. The first-order valence-electron chi connectivity index (χ1n) is 3.73. The summed E-state index contributed by atoms with van der Waals surface area (Å²) in [6, 6.07) is 0. The van der Waals surface area contributed by atoms with Crippen LogP contribution in [0.3, 0.4) is 0 Å². The standard InChI is InChI=1S/C7H10O6/c1-5(8)12-4-13-6-2-10-7(9)11-3-6/h6H,2-4H2,1H3. The number of carbonyl (C=O) groups is 2. The molecule has 0 radical (unpaired) electrons. The Kier molecular flexibility index (Phi) is 3.51. The van der Waals surface area contributed by atoms with Gasteiger partial charge in [0.25, 0.3) is 0 Å². The molecule has 6 heteroatoms. The molecule has 1 aliphatic rings. The molecule has 1 rings (SSSR count). The Hall–Kier alpha value is -1.30. The van der Waals surface area contributed by atoms with E-state index >= 15 is 0 Å². The third kappa shape index (κ3) is 3.75. The minimum Gasteiger partial charge on any atom is -0.439 e. The molecule has 1 heterocycles. The maximum absolute atomic E-state index is 10.4. The van der Waals surface area contributed by atoms with E-state index in [2.05, 4.69) is 14.2 Å². The maximum atomic E-state index is 10.4. The van der Waals surface area contributed by atoms with E-state index in [0.717, 1.165) is 0 Å². The Morgan fingerprint density at radius 2 is 2.15 bits per heavy atom. The van der Waals surface area contributed by atoms with Crippen LogP contribution in [0, 0.1) is 0 Å². The molecule has 1 saturated heterocycles. The predicted molar refractivity (Wildman–Crippen MR) is 38.8 cm³/mol. The van der Waals surface area contributed by atoms with Gasteiger partial charge in [-0.2, -0.15) is 0 Å². The van der Waals surface area contributed by atoms with Gasteiger partial charge in [-0.25, -0.2) is 4.79 Å². The summed E-state index contributed by atoms with van der Waals surface area (Å²) >= 11 is 0. The summed E-state index contributed by atoms with van der Waals surface area (Å²) < 4.78 is 18.6. The molecular formula is C7H10O6. The molecule has 0 spiro atoms. The lowest BCUT2D eigenvalue weighted by molar-refractivity contribution is -0.168. The minimum atomic E-state index is -0.702. The van der Waals surface area contributed by atoms with E-state index in [9.17, 15) is 9.59 Å². The van der Waals surface area contributed by atoms with Crippen molar-refractivity contribution in [3.8, 4) is 0 Å². The summed E-state index contributed by atoms with van der Waals surface area (Å²) in [5, 5.41) is 0. The number of hydrogen-bond donors (Lipinski definition) is 0. The molecule has 1 fully saturated rings. The van der Waals surface area contributed by atoms with Crippen LogP contribution in [0.15, 0.2) is 0 Å². The van der Waals surface area contributed by atoms with Gasteiger partial charge in [0.2, 0.25) is 0 Å². The van der Waals surface area contributed by atoms with Crippen molar-refractivity contribution in [3.63, 3.8) is 0 Å². The lowest BCUT2D eigenvalue weighted by Gasteiger charge is -2.21. The topological polar surface area (TPSA) is 71.1 Å². The van der Waals surface area contributed by atoms with Gasteiger partial charge in [0.1, 0.15) is 19.3 Å². The highest BCUT2D eigenvalue weighted by Crippen LogP contribution is 2.03. The zero-order valence-electron chi connectivity index (χ0n) is 7.15. The van der Waals surface area contributed by atoms with Crippen molar-refractivity contribution < 1.29 is 28.5 Å². The molecular weight excluding hydrogens is 180 g/mol. The second kappa shape index (κ2) is 4.66. The van der Waals surface area contributed by atoms with E-state index in [4.69, 9.17) is 4.74 Å². The van der Waals surface area contributed by atoms with Crippen LogP contribution in [-0.4, -0.2) is 38.2 Å². The lowest BCUT2D eigenvalue weighted by Crippen LogP contribution is -2.34. The van der Waals surface area contributed by atoms with Crippen molar-refractivity contribution in [1.29, 1.82) is 0 Å². The Labute approximate surface area is 74.7 Å². The fraction of sp³-hybridized carbons (Fsp3) is 0.714. The van der Waals surface area contributed by atoms with Crippen molar-refractivity contribution in [2.45, 2.75) is 13.0 Å². The average molecular weight is 190 g/mol. The first-order chi connectivity index (χ1) is 6.18. The highest BCUT2D eigenvalue weighted by Gasteiger charge is 2.21. The molecule has 0 amide bonds. The third-order valence-electron chi connectivity index (χ3n) is 1.34. The smallest absolute Gasteiger partial charge is 0.439 e. The van der Waals surface area contributed by atoms with Crippen molar-refractivity contribution in [3.05, 3.63) is 0 Å².